The summed E-state index contributed by atoms with van der Waals surface area (Å²) < 4.78 is 0. The van der Waals surface area contributed by atoms with Crippen LogP contribution in [0.4, 0.5) is 0 Å². The standard InChI is InChI=1S/C5H8N2O2.K/c8-4(9)5-2-1-3-7(5)6-5;/h6H,1-3H2,(H,8,9);/q;+1/p-1. The molecule has 0 amide bonds. The van der Waals surface area contributed by atoms with Crippen molar-refractivity contribution in [3.63, 3.8) is 0 Å². The molecule has 2 heterocycles. The van der Waals surface area contributed by atoms with Gasteiger partial charge in [-0.05, 0) is 12.8 Å². The molecule has 5 heteroatoms. The number of fused-ring (bicyclic) bond motifs is 1. The number of nitrogens with zero attached hydrogens (tertiary/aromatic N) is 1. The Hall–Kier alpha value is 1.03. The molecule has 2 unspecified atom stereocenters. The molecule has 0 aromatic carbocycles. The fourth-order valence-corrected chi connectivity index (χ4v) is 1.39. The van der Waals surface area contributed by atoms with Gasteiger partial charge in [-0.2, -0.15) is 0 Å². The van der Waals surface area contributed by atoms with Crippen LogP contribution in [0.25, 0.3) is 0 Å². The average Bonchev–Trinajstić information content (AvgIpc) is 2.38. The first kappa shape index (κ1) is 9.12. The van der Waals surface area contributed by atoms with Gasteiger partial charge in [0.15, 0.2) is 0 Å². The first-order chi connectivity index (χ1) is 4.26. The first-order valence-corrected chi connectivity index (χ1v) is 3.03. The summed E-state index contributed by atoms with van der Waals surface area (Å²) >= 11 is 0. The van der Waals surface area contributed by atoms with Crippen LogP contribution in [0.1, 0.15) is 12.8 Å². The van der Waals surface area contributed by atoms with Gasteiger partial charge in [0.1, 0.15) is 5.66 Å². The van der Waals surface area contributed by atoms with E-state index in [1.165, 1.54) is 0 Å². The van der Waals surface area contributed by atoms with Crippen molar-refractivity contribution in [1.82, 2.24) is 10.4 Å². The Morgan fingerprint density at radius 3 is 2.60 bits per heavy atom. The van der Waals surface area contributed by atoms with Crippen LogP contribution in [0.3, 0.4) is 0 Å². The molecule has 0 aromatic heterocycles. The van der Waals surface area contributed by atoms with E-state index in [2.05, 4.69) is 5.43 Å². The van der Waals surface area contributed by atoms with Crippen LogP contribution in [-0.2, 0) is 4.79 Å². The van der Waals surface area contributed by atoms with Gasteiger partial charge in [0.25, 0.3) is 0 Å². The number of carboxylic acids is 1. The van der Waals surface area contributed by atoms with E-state index < -0.39 is 11.6 Å². The van der Waals surface area contributed by atoms with Gasteiger partial charge >= 0.3 is 51.4 Å². The number of hydrazine groups is 1. The average molecular weight is 166 g/mol. The van der Waals surface area contributed by atoms with Crippen molar-refractivity contribution >= 4 is 5.97 Å². The summed E-state index contributed by atoms with van der Waals surface area (Å²) in [5, 5.41) is 12.1. The molecule has 0 spiro atoms. The number of hydrogen-bond acceptors (Lipinski definition) is 4. The molecule has 0 saturated carbocycles. The molecule has 0 aliphatic carbocycles. The SMILES string of the molecule is O=C([O-])C12CCCN1N2.[K+]. The molecule has 50 valence electrons. The Balaban J connectivity index is 0.000000500. The summed E-state index contributed by atoms with van der Waals surface area (Å²) in [6.45, 7) is 0.841. The zero-order chi connectivity index (χ0) is 6.48. The number of aliphatic carboxylic acids is 1. The van der Waals surface area contributed by atoms with Crippen LogP contribution in [0.5, 0.6) is 0 Å². The molecule has 1 N–H and O–H groups in total. The molecule has 0 radical (unpaired) electrons. The smallest absolute Gasteiger partial charge is 0.547 e. The second-order valence-corrected chi connectivity index (χ2v) is 2.51. The van der Waals surface area contributed by atoms with Gasteiger partial charge in [-0.25, -0.2) is 10.4 Å². The fraction of sp³-hybridized carbons (Fsp3) is 0.800. The van der Waals surface area contributed by atoms with Gasteiger partial charge < -0.3 is 9.90 Å². The van der Waals surface area contributed by atoms with E-state index in [0.29, 0.717) is 6.42 Å². The minimum absolute atomic E-state index is 0. The summed E-state index contributed by atoms with van der Waals surface area (Å²) in [7, 11) is 0. The summed E-state index contributed by atoms with van der Waals surface area (Å²) in [4.78, 5) is 10.3. The van der Waals surface area contributed by atoms with Gasteiger partial charge in [-0.15, -0.1) is 0 Å². The van der Waals surface area contributed by atoms with Crippen molar-refractivity contribution in [3.8, 4) is 0 Å². The zero-order valence-corrected chi connectivity index (χ0v) is 9.01. The Bertz CT molecular complexity index is 175. The first-order valence-electron chi connectivity index (χ1n) is 3.03. The van der Waals surface area contributed by atoms with Crippen LogP contribution in [0.15, 0.2) is 0 Å². The number of rotatable bonds is 1. The second-order valence-electron chi connectivity index (χ2n) is 2.51. The van der Waals surface area contributed by atoms with Crippen molar-refractivity contribution in [2.45, 2.75) is 18.5 Å². The van der Waals surface area contributed by atoms with Crippen molar-refractivity contribution in [2.75, 3.05) is 6.54 Å². The number of carbonyl (C=O) groups is 1. The summed E-state index contributed by atoms with van der Waals surface area (Å²) in [5.74, 6) is -0.986. The molecule has 0 aromatic rings. The van der Waals surface area contributed by atoms with Gasteiger partial charge in [-0.3, -0.25) is 0 Å². The Kier molecular flexibility index (Phi) is 2.57. The largest absolute Gasteiger partial charge is 1.00 e. The zero-order valence-electron chi connectivity index (χ0n) is 5.89. The predicted octanol–water partition coefficient (Wildman–Crippen LogP) is -4.95. The molecular weight excluding hydrogens is 159 g/mol. The van der Waals surface area contributed by atoms with Gasteiger partial charge in [0.2, 0.25) is 0 Å². The molecule has 2 rings (SSSR count). The maximum absolute atomic E-state index is 10.3. The van der Waals surface area contributed by atoms with Gasteiger partial charge in [-0.1, -0.05) is 0 Å². The van der Waals surface area contributed by atoms with Crippen LogP contribution in [0.2, 0.25) is 0 Å². The van der Waals surface area contributed by atoms with E-state index in [1.54, 1.807) is 5.01 Å². The maximum atomic E-state index is 10.3. The van der Waals surface area contributed by atoms with Crippen LogP contribution < -0.4 is 61.9 Å². The van der Waals surface area contributed by atoms with Crippen molar-refractivity contribution in [2.24, 2.45) is 0 Å². The van der Waals surface area contributed by atoms with Crippen LogP contribution in [-0.4, -0.2) is 23.2 Å². The molecule has 4 nitrogen and oxygen atoms in total. The Labute approximate surface area is 101 Å². The van der Waals surface area contributed by atoms with Gasteiger partial charge in [0.05, 0.1) is 5.97 Å². The van der Waals surface area contributed by atoms with E-state index in [-0.39, 0.29) is 51.4 Å². The molecule has 2 fully saturated rings. The minimum Gasteiger partial charge on any atom is -0.547 e. The quantitative estimate of drug-likeness (QED) is 0.313. The number of carbonyl (C=O) groups excluding carboxylic acids is 1. The summed E-state index contributed by atoms with van der Waals surface area (Å²) in [6.07, 6.45) is 1.65. The van der Waals surface area contributed by atoms with Crippen LogP contribution >= 0.6 is 0 Å². The van der Waals surface area contributed by atoms with E-state index in [1.807, 2.05) is 0 Å². The molecule has 2 aliphatic heterocycles. The van der Waals surface area contributed by atoms with E-state index >= 15 is 0 Å². The molecule has 0 bridgehead atoms. The van der Waals surface area contributed by atoms with Crippen molar-refractivity contribution < 1.29 is 61.3 Å². The molecule has 2 saturated heterocycles. The Morgan fingerprint density at radius 1 is 1.70 bits per heavy atom. The monoisotopic (exact) mass is 166 g/mol. The summed E-state index contributed by atoms with van der Waals surface area (Å²) in [6, 6.07) is 0. The number of hydrogen-bond donors (Lipinski definition) is 1. The van der Waals surface area contributed by atoms with Crippen molar-refractivity contribution in [3.05, 3.63) is 0 Å². The van der Waals surface area contributed by atoms with E-state index in [9.17, 15) is 9.90 Å². The molecular formula is C5H7KN2O2. The minimum atomic E-state index is -0.986. The third-order valence-electron chi connectivity index (χ3n) is 1.99. The molecule has 2 aliphatic rings. The van der Waals surface area contributed by atoms with E-state index in [4.69, 9.17) is 0 Å². The van der Waals surface area contributed by atoms with Crippen molar-refractivity contribution in [1.29, 1.82) is 0 Å². The number of carboxylic acid groups (broad SMARTS) is 1. The third kappa shape index (κ3) is 1.10. The topological polar surface area (TPSA) is 65.1 Å². The molecule has 10 heavy (non-hydrogen) atoms. The van der Waals surface area contributed by atoms with E-state index in [0.717, 1.165) is 13.0 Å². The normalized spacial score (nSPS) is 41.8. The number of nitrogens with one attached hydrogen (secondary N) is 1. The summed E-state index contributed by atoms with van der Waals surface area (Å²) in [5.41, 5.74) is 2.00. The third-order valence-corrected chi connectivity index (χ3v) is 1.99. The van der Waals surface area contributed by atoms with Gasteiger partial charge in [0, 0.05) is 6.54 Å². The predicted molar refractivity (Wildman–Crippen MR) is 26.8 cm³/mol. The second kappa shape index (κ2) is 2.82. The van der Waals surface area contributed by atoms with Crippen LogP contribution in [0, 0.1) is 0 Å². The maximum Gasteiger partial charge on any atom is 1.00 e. The fourth-order valence-electron chi connectivity index (χ4n) is 1.39. The Morgan fingerprint density at radius 2 is 2.40 bits per heavy atom. The molecule has 2 atom stereocenters.